The molecule has 0 bridgehead atoms. The highest BCUT2D eigenvalue weighted by molar-refractivity contribution is 6.37. The summed E-state index contributed by atoms with van der Waals surface area (Å²) in [7, 11) is 0. The Bertz CT molecular complexity index is 1300. The van der Waals surface area contributed by atoms with Crippen LogP contribution in [0.3, 0.4) is 0 Å². The first-order chi connectivity index (χ1) is 16.4. The van der Waals surface area contributed by atoms with Gasteiger partial charge in [-0.25, -0.2) is 24.7 Å². The van der Waals surface area contributed by atoms with Gasteiger partial charge in [-0.15, -0.1) is 0 Å². The Labute approximate surface area is 209 Å². The second-order valence-electron chi connectivity index (χ2n) is 6.94. The van der Waals surface area contributed by atoms with Gasteiger partial charge >= 0.3 is 6.03 Å². The maximum Gasteiger partial charge on any atom is 0.319 e. The van der Waals surface area contributed by atoms with Gasteiger partial charge in [0.05, 0.1) is 21.8 Å². The van der Waals surface area contributed by atoms with Gasteiger partial charge in [-0.3, -0.25) is 0 Å². The molecule has 3 aromatic heterocycles. The predicted octanol–water partition coefficient (Wildman–Crippen LogP) is 4.87. The Balaban J connectivity index is 1.44. The zero-order valence-corrected chi connectivity index (χ0v) is 19.9. The summed E-state index contributed by atoms with van der Waals surface area (Å²) in [6, 6.07) is 7.12. The molecule has 0 aliphatic rings. The predicted molar refractivity (Wildman–Crippen MR) is 128 cm³/mol. The van der Waals surface area contributed by atoms with Crippen molar-refractivity contribution in [3.8, 4) is 11.7 Å². The zero-order valence-electron chi connectivity index (χ0n) is 17.6. The van der Waals surface area contributed by atoms with Crippen LogP contribution in [0.2, 0.25) is 15.2 Å². The highest BCUT2D eigenvalue weighted by Crippen LogP contribution is 2.35. The van der Waals surface area contributed by atoms with E-state index in [1.807, 2.05) is 0 Å². The molecule has 0 aliphatic carbocycles. The lowest BCUT2D eigenvalue weighted by Gasteiger charge is -2.16. The largest absolute Gasteiger partial charge is 0.487 e. The van der Waals surface area contributed by atoms with Gasteiger partial charge in [0, 0.05) is 24.7 Å². The summed E-state index contributed by atoms with van der Waals surface area (Å²) >= 11 is 18.4. The van der Waals surface area contributed by atoms with Crippen LogP contribution in [0.15, 0.2) is 55.2 Å². The van der Waals surface area contributed by atoms with Crippen LogP contribution < -0.4 is 15.4 Å². The minimum Gasteiger partial charge on any atom is -0.487 e. The third-order valence-electron chi connectivity index (χ3n) is 4.51. The number of nitrogens with one attached hydrogen (secondary N) is 2. The number of amides is 2. The van der Waals surface area contributed by atoms with Crippen LogP contribution in [0, 0.1) is 0 Å². The average Bonchev–Trinajstić information content (AvgIpc) is 3.31. The third kappa shape index (κ3) is 5.71. The average molecular weight is 520 g/mol. The smallest absolute Gasteiger partial charge is 0.319 e. The Morgan fingerprint density at radius 1 is 1.06 bits per heavy atom. The van der Waals surface area contributed by atoms with Gasteiger partial charge in [-0.05, 0) is 36.8 Å². The van der Waals surface area contributed by atoms with Gasteiger partial charge in [0.25, 0.3) is 5.95 Å². The first-order valence-corrected chi connectivity index (χ1v) is 11.0. The molecule has 0 saturated carbocycles. The molecule has 0 saturated heterocycles. The number of aromatic nitrogens is 6. The topological polar surface area (TPSA) is 120 Å². The van der Waals surface area contributed by atoms with Crippen LogP contribution in [0.25, 0.3) is 5.95 Å². The molecule has 2 amide bonds. The fourth-order valence-corrected chi connectivity index (χ4v) is 3.63. The van der Waals surface area contributed by atoms with Gasteiger partial charge in [-0.1, -0.05) is 34.8 Å². The van der Waals surface area contributed by atoms with Gasteiger partial charge < -0.3 is 15.4 Å². The Morgan fingerprint density at radius 2 is 1.85 bits per heavy atom. The number of hydrogen-bond donors (Lipinski definition) is 2. The lowest BCUT2D eigenvalue weighted by atomic mass is 10.2. The number of benzene rings is 1. The SMILES string of the molecule is CC(NC(=O)Nc1cc(OCc2ccnc(Cl)c2)c(Cl)cc1Cl)c1ncnn1-c1ncccn1. The molecule has 2 N–H and O–H groups in total. The Morgan fingerprint density at radius 3 is 2.62 bits per heavy atom. The lowest BCUT2D eigenvalue weighted by Crippen LogP contribution is -2.32. The van der Waals surface area contributed by atoms with E-state index < -0.39 is 12.1 Å². The van der Waals surface area contributed by atoms with Gasteiger partial charge in [-0.2, -0.15) is 9.78 Å². The van der Waals surface area contributed by atoms with Crippen molar-refractivity contribution in [3.63, 3.8) is 0 Å². The summed E-state index contributed by atoms with van der Waals surface area (Å²) < 4.78 is 7.22. The van der Waals surface area contributed by atoms with Crippen molar-refractivity contribution in [1.82, 2.24) is 35.0 Å². The van der Waals surface area contributed by atoms with Crippen molar-refractivity contribution >= 4 is 46.5 Å². The standard InChI is InChI=1S/C21H17Cl3N8O2/c1-12(19-28-11-29-32(19)20-26-4-2-5-27-20)30-21(33)31-16-9-17(15(23)8-14(16)22)34-10-13-3-6-25-18(24)7-13/h2-9,11-12H,10H2,1H3,(H2,30,31,33). The minimum absolute atomic E-state index is 0.198. The zero-order chi connectivity index (χ0) is 24.1. The molecule has 0 aliphatic heterocycles. The molecule has 1 atom stereocenters. The van der Waals surface area contributed by atoms with E-state index in [0.717, 1.165) is 5.56 Å². The molecular weight excluding hydrogens is 503 g/mol. The molecule has 0 spiro atoms. The summed E-state index contributed by atoms with van der Waals surface area (Å²) in [5, 5.41) is 10.5. The molecule has 174 valence electrons. The van der Waals surface area contributed by atoms with Crippen molar-refractivity contribution in [2.75, 3.05) is 5.32 Å². The van der Waals surface area contributed by atoms with Crippen molar-refractivity contribution in [1.29, 1.82) is 0 Å². The number of ether oxygens (including phenoxy) is 1. The number of anilines is 1. The van der Waals surface area contributed by atoms with Crippen LogP contribution in [-0.2, 0) is 6.61 Å². The van der Waals surface area contributed by atoms with E-state index in [4.69, 9.17) is 39.5 Å². The quantitative estimate of drug-likeness (QED) is 0.334. The normalized spacial score (nSPS) is 11.6. The van der Waals surface area contributed by atoms with Crippen LogP contribution in [0.5, 0.6) is 5.75 Å². The van der Waals surface area contributed by atoms with Crippen LogP contribution >= 0.6 is 34.8 Å². The van der Waals surface area contributed by atoms with E-state index in [0.29, 0.717) is 33.4 Å². The van der Waals surface area contributed by atoms with Gasteiger partial charge in [0.15, 0.2) is 5.82 Å². The van der Waals surface area contributed by atoms with E-state index in [-0.39, 0.29) is 11.6 Å². The molecule has 4 aromatic rings. The summed E-state index contributed by atoms with van der Waals surface area (Å²) in [6.45, 7) is 1.95. The number of urea groups is 1. The van der Waals surface area contributed by atoms with E-state index >= 15 is 0 Å². The lowest BCUT2D eigenvalue weighted by molar-refractivity contribution is 0.248. The molecule has 3 heterocycles. The molecule has 4 rings (SSSR count). The maximum absolute atomic E-state index is 12.7. The fourth-order valence-electron chi connectivity index (χ4n) is 2.95. The summed E-state index contributed by atoms with van der Waals surface area (Å²) in [6.07, 6.45) is 6.11. The fraction of sp³-hybridized carbons (Fsp3) is 0.143. The van der Waals surface area contributed by atoms with Crippen LogP contribution in [0.4, 0.5) is 10.5 Å². The highest BCUT2D eigenvalue weighted by atomic mass is 35.5. The number of nitrogens with zero attached hydrogens (tertiary/aromatic N) is 6. The summed E-state index contributed by atoms with van der Waals surface area (Å²) in [5.41, 5.74) is 1.12. The second-order valence-corrected chi connectivity index (χ2v) is 8.14. The van der Waals surface area contributed by atoms with Crippen molar-refractivity contribution in [2.45, 2.75) is 19.6 Å². The monoisotopic (exact) mass is 518 g/mol. The number of rotatable bonds is 7. The number of carbonyl (C=O) groups is 1. The highest BCUT2D eigenvalue weighted by Gasteiger charge is 2.19. The first kappa shape index (κ1) is 23.7. The van der Waals surface area contributed by atoms with E-state index in [1.165, 1.54) is 23.1 Å². The number of pyridine rings is 1. The van der Waals surface area contributed by atoms with Crippen molar-refractivity contribution in [2.24, 2.45) is 0 Å². The Kier molecular flexibility index (Phi) is 7.41. The van der Waals surface area contributed by atoms with Crippen molar-refractivity contribution < 1.29 is 9.53 Å². The third-order valence-corrected chi connectivity index (χ3v) is 5.32. The molecule has 34 heavy (non-hydrogen) atoms. The first-order valence-electron chi connectivity index (χ1n) is 9.88. The molecule has 1 unspecified atom stereocenters. The van der Waals surface area contributed by atoms with E-state index in [1.54, 1.807) is 43.7 Å². The molecular formula is C21H17Cl3N8O2. The summed E-state index contributed by atoms with van der Waals surface area (Å²) in [4.78, 5) is 29.1. The second kappa shape index (κ2) is 10.6. The van der Waals surface area contributed by atoms with Crippen molar-refractivity contribution in [3.05, 3.63) is 81.8 Å². The minimum atomic E-state index is -0.524. The van der Waals surface area contributed by atoms with E-state index in [9.17, 15) is 4.79 Å². The summed E-state index contributed by atoms with van der Waals surface area (Å²) in [5.74, 6) is 1.12. The van der Waals surface area contributed by atoms with Gasteiger partial charge in [0.1, 0.15) is 23.8 Å². The molecule has 10 nitrogen and oxygen atoms in total. The molecule has 1 aromatic carbocycles. The van der Waals surface area contributed by atoms with Crippen LogP contribution in [0.1, 0.15) is 24.4 Å². The number of carbonyl (C=O) groups excluding carboxylic acids is 1. The van der Waals surface area contributed by atoms with Gasteiger partial charge in [0.2, 0.25) is 0 Å². The van der Waals surface area contributed by atoms with Crippen LogP contribution in [-0.4, -0.2) is 35.7 Å². The molecule has 0 fully saturated rings. The molecule has 0 radical (unpaired) electrons. The molecule has 13 heteroatoms. The maximum atomic E-state index is 12.7. The number of halogens is 3. The Hall–Kier alpha value is -3.47. The number of hydrogen-bond acceptors (Lipinski definition) is 7. The van der Waals surface area contributed by atoms with E-state index in [2.05, 4.69) is 35.7 Å².